The zero-order chi connectivity index (χ0) is 22.3. The smallest absolute Gasteiger partial charge is 0.410 e. The maximum absolute atomic E-state index is 12.7. The first kappa shape index (κ1) is 20.9. The van der Waals surface area contributed by atoms with E-state index >= 15 is 0 Å². The van der Waals surface area contributed by atoms with Crippen LogP contribution in [0.3, 0.4) is 0 Å². The van der Waals surface area contributed by atoms with Gasteiger partial charge in [0.25, 0.3) is 5.91 Å². The van der Waals surface area contributed by atoms with Crippen LogP contribution in [-0.4, -0.2) is 68.8 Å². The van der Waals surface area contributed by atoms with Crippen molar-refractivity contribution >= 4 is 29.2 Å². The van der Waals surface area contributed by atoms with Crippen LogP contribution in [0, 0.1) is 0 Å². The van der Waals surface area contributed by atoms with Crippen LogP contribution in [0.2, 0.25) is 0 Å². The van der Waals surface area contributed by atoms with Gasteiger partial charge in [0.05, 0.1) is 0 Å². The minimum Gasteiger partial charge on any atom is -0.444 e. The number of pyridine rings is 1. The molecule has 2 aliphatic heterocycles. The van der Waals surface area contributed by atoms with Crippen molar-refractivity contribution in [1.82, 2.24) is 24.4 Å². The van der Waals surface area contributed by atoms with Crippen molar-refractivity contribution in [3.63, 3.8) is 0 Å². The van der Waals surface area contributed by atoms with Gasteiger partial charge in [-0.05, 0) is 33.3 Å². The molecule has 0 bridgehead atoms. The number of carbonyl (C=O) groups excluding carboxylic acids is 3. The second-order valence-electron chi connectivity index (χ2n) is 8.76. The molecule has 4 rings (SSSR count). The zero-order valence-electron chi connectivity index (χ0n) is 17.8. The molecule has 2 aromatic rings. The van der Waals surface area contributed by atoms with Crippen LogP contribution in [0.1, 0.15) is 39.7 Å². The van der Waals surface area contributed by atoms with Gasteiger partial charge in [0.15, 0.2) is 5.65 Å². The summed E-state index contributed by atoms with van der Waals surface area (Å²) in [6, 6.07) is 2.80. The highest BCUT2D eigenvalue weighted by Gasteiger charge is 2.31. The topological polar surface area (TPSA) is 118 Å². The number of amides is 3. The van der Waals surface area contributed by atoms with Crippen molar-refractivity contribution in [2.75, 3.05) is 31.1 Å². The molecular formula is C20H26N6O5. The van der Waals surface area contributed by atoms with E-state index in [1.165, 1.54) is 4.40 Å². The minimum absolute atomic E-state index is 0.171. The van der Waals surface area contributed by atoms with Gasteiger partial charge in [-0.3, -0.25) is 19.3 Å². The number of nitrogens with zero attached hydrogens (tertiary/aromatic N) is 5. The summed E-state index contributed by atoms with van der Waals surface area (Å²) in [7, 11) is 0. The van der Waals surface area contributed by atoms with Crippen molar-refractivity contribution in [3.8, 4) is 0 Å². The third kappa shape index (κ3) is 4.25. The van der Waals surface area contributed by atoms with E-state index in [-0.39, 0.29) is 24.8 Å². The average Bonchev–Trinajstić information content (AvgIpc) is 3.02. The fourth-order valence-corrected chi connectivity index (χ4v) is 3.77. The molecule has 1 unspecified atom stereocenters. The molecule has 31 heavy (non-hydrogen) atoms. The molecule has 1 atom stereocenters. The van der Waals surface area contributed by atoms with Gasteiger partial charge >= 0.3 is 11.8 Å². The molecule has 166 valence electrons. The molecule has 11 heteroatoms. The zero-order valence-corrected chi connectivity index (χ0v) is 17.8. The van der Waals surface area contributed by atoms with Gasteiger partial charge in [-0.25, -0.2) is 9.59 Å². The van der Waals surface area contributed by atoms with E-state index < -0.39 is 23.2 Å². The SMILES string of the molecule is CC(C)(C)OC(=O)N1CCN(c2ccn3c(=O)n(C4CCC(=O)NC4=O)nc3c2)CC1. The van der Waals surface area contributed by atoms with Crippen LogP contribution in [0.25, 0.3) is 5.65 Å². The lowest BCUT2D eigenvalue weighted by atomic mass is 10.1. The van der Waals surface area contributed by atoms with Gasteiger partial charge in [0.1, 0.15) is 11.6 Å². The molecule has 11 nitrogen and oxygen atoms in total. The monoisotopic (exact) mass is 430 g/mol. The van der Waals surface area contributed by atoms with E-state index in [4.69, 9.17) is 4.74 Å². The van der Waals surface area contributed by atoms with Gasteiger partial charge in [0, 0.05) is 50.6 Å². The second kappa shape index (κ2) is 7.71. The molecule has 0 aromatic carbocycles. The molecule has 2 aliphatic rings. The molecule has 1 N–H and O–H groups in total. The largest absolute Gasteiger partial charge is 0.444 e. The summed E-state index contributed by atoms with van der Waals surface area (Å²) >= 11 is 0. The summed E-state index contributed by atoms with van der Waals surface area (Å²) in [5.41, 5.74) is 0.331. The maximum atomic E-state index is 12.7. The third-order valence-electron chi connectivity index (χ3n) is 5.33. The quantitative estimate of drug-likeness (QED) is 0.691. The lowest BCUT2D eigenvalue weighted by Gasteiger charge is -2.36. The van der Waals surface area contributed by atoms with Crippen molar-refractivity contribution in [2.24, 2.45) is 0 Å². The first-order valence-electron chi connectivity index (χ1n) is 10.3. The molecule has 0 aliphatic carbocycles. The average molecular weight is 430 g/mol. The lowest BCUT2D eigenvalue weighted by molar-refractivity contribution is -0.136. The number of nitrogens with one attached hydrogen (secondary N) is 1. The summed E-state index contributed by atoms with van der Waals surface area (Å²) in [6.07, 6.45) is 1.72. The van der Waals surface area contributed by atoms with Crippen molar-refractivity contribution in [1.29, 1.82) is 0 Å². The number of imide groups is 1. The minimum atomic E-state index is -0.800. The summed E-state index contributed by atoms with van der Waals surface area (Å²) in [6.45, 7) is 7.81. The highest BCUT2D eigenvalue weighted by atomic mass is 16.6. The van der Waals surface area contributed by atoms with Crippen molar-refractivity contribution in [3.05, 3.63) is 28.8 Å². The van der Waals surface area contributed by atoms with E-state index in [1.807, 2.05) is 26.8 Å². The summed E-state index contributed by atoms with van der Waals surface area (Å²) < 4.78 is 7.95. The van der Waals surface area contributed by atoms with E-state index in [0.717, 1.165) is 10.4 Å². The van der Waals surface area contributed by atoms with Crippen molar-refractivity contribution < 1.29 is 19.1 Å². The molecule has 0 spiro atoms. The Morgan fingerprint density at radius 1 is 1.16 bits per heavy atom. The first-order valence-corrected chi connectivity index (χ1v) is 10.3. The Morgan fingerprint density at radius 2 is 1.87 bits per heavy atom. The molecule has 4 heterocycles. The molecule has 2 aromatic heterocycles. The fourth-order valence-electron chi connectivity index (χ4n) is 3.77. The Bertz CT molecular complexity index is 1090. The maximum Gasteiger partial charge on any atom is 0.410 e. The van der Waals surface area contributed by atoms with E-state index in [9.17, 15) is 19.2 Å². The molecule has 0 radical (unpaired) electrons. The first-order chi connectivity index (χ1) is 14.6. The highest BCUT2D eigenvalue weighted by Crippen LogP contribution is 2.21. The number of anilines is 1. The number of hydrogen-bond donors (Lipinski definition) is 1. The predicted molar refractivity (Wildman–Crippen MR) is 111 cm³/mol. The Kier molecular flexibility index (Phi) is 5.19. The lowest BCUT2D eigenvalue weighted by Crippen LogP contribution is -2.50. The number of hydrogen-bond acceptors (Lipinski definition) is 7. The standard InChI is InChI=1S/C20H26N6O5/c1-20(2,3)31-19(30)24-10-8-23(9-11-24)13-6-7-25-15(12-13)22-26(18(25)29)14-4-5-16(27)21-17(14)28/h6-7,12,14H,4-5,8-11H2,1-3H3,(H,21,27,28). The number of piperazine rings is 1. The molecule has 0 saturated carbocycles. The Labute approximate surface area is 178 Å². The van der Waals surface area contributed by atoms with Gasteiger partial charge in [-0.15, -0.1) is 5.10 Å². The van der Waals surface area contributed by atoms with Crippen LogP contribution < -0.4 is 15.9 Å². The molecular weight excluding hydrogens is 404 g/mol. The van der Waals surface area contributed by atoms with Gasteiger partial charge in [-0.2, -0.15) is 4.68 Å². The Hall–Kier alpha value is -3.37. The van der Waals surface area contributed by atoms with E-state index in [1.54, 1.807) is 17.2 Å². The third-order valence-corrected chi connectivity index (χ3v) is 5.33. The van der Waals surface area contributed by atoms with Crippen LogP contribution in [0.5, 0.6) is 0 Å². The fraction of sp³-hybridized carbons (Fsp3) is 0.550. The van der Waals surface area contributed by atoms with E-state index in [0.29, 0.717) is 31.8 Å². The normalized spacial score (nSPS) is 20.2. The van der Waals surface area contributed by atoms with Crippen molar-refractivity contribution in [2.45, 2.75) is 45.3 Å². The number of ether oxygens (including phenoxy) is 1. The molecule has 2 saturated heterocycles. The van der Waals surface area contributed by atoms with Gasteiger partial charge < -0.3 is 14.5 Å². The summed E-state index contributed by atoms with van der Waals surface area (Å²) in [5.74, 6) is -0.855. The van der Waals surface area contributed by atoms with Crippen LogP contribution in [0.4, 0.5) is 10.5 Å². The van der Waals surface area contributed by atoms with Gasteiger partial charge in [-0.1, -0.05) is 0 Å². The van der Waals surface area contributed by atoms with Crippen LogP contribution in [-0.2, 0) is 14.3 Å². The number of piperidine rings is 1. The number of rotatable bonds is 2. The van der Waals surface area contributed by atoms with Crippen LogP contribution in [0.15, 0.2) is 23.1 Å². The summed E-state index contributed by atoms with van der Waals surface area (Å²) in [4.78, 5) is 52.2. The Balaban J connectivity index is 1.49. The summed E-state index contributed by atoms with van der Waals surface area (Å²) in [5, 5.41) is 6.59. The van der Waals surface area contributed by atoms with Gasteiger partial charge in [0.2, 0.25) is 5.91 Å². The predicted octanol–water partition coefficient (Wildman–Crippen LogP) is 0.531. The molecule has 2 fully saturated rings. The number of aromatic nitrogens is 3. The van der Waals surface area contributed by atoms with Crippen LogP contribution >= 0.6 is 0 Å². The van der Waals surface area contributed by atoms with E-state index in [2.05, 4.69) is 15.3 Å². The molecule has 3 amide bonds. The number of carbonyl (C=O) groups is 3. The second-order valence-corrected chi connectivity index (χ2v) is 8.76. The number of fused-ring (bicyclic) bond motifs is 1. The highest BCUT2D eigenvalue weighted by molar-refractivity contribution is 5.99. The Morgan fingerprint density at radius 3 is 2.52 bits per heavy atom.